The van der Waals surface area contributed by atoms with Gasteiger partial charge in [0.25, 0.3) is 0 Å². The van der Waals surface area contributed by atoms with Gasteiger partial charge in [-0.05, 0) is 12.8 Å². The molecule has 0 amide bonds. The van der Waals surface area contributed by atoms with E-state index in [0.29, 0.717) is 18.1 Å². The van der Waals surface area contributed by atoms with E-state index in [4.69, 9.17) is 17.2 Å². The zero-order valence-corrected chi connectivity index (χ0v) is 12.8. The molecule has 0 fully saturated rings. The normalized spacial score (nSPS) is 10.1. The molecular weight excluding hydrogens is 288 g/mol. The lowest BCUT2D eigenvalue weighted by Gasteiger charge is -1.99. The van der Waals surface area contributed by atoms with Gasteiger partial charge in [0.1, 0.15) is 12.0 Å². The molecule has 0 saturated carbocycles. The van der Waals surface area contributed by atoms with Crippen molar-refractivity contribution in [3.63, 3.8) is 0 Å². The van der Waals surface area contributed by atoms with Crippen LogP contribution < -0.4 is 17.2 Å². The molecule has 0 aliphatic rings. The third kappa shape index (κ3) is 4.11. The topological polar surface area (TPSA) is 157 Å². The van der Waals surface area contributed by atoms with Crippen molar-refractivity contribution in [2.45, 2.75) is 39.8 Å². The Morgan fingerprint density at radius 1 is 1.05 bits per heavy atom. The fourth-order valence-electron chi connectivity index (χ4n) is 1.71. The third-order valence-electron chi connectivity index (χ3n) is 2.84. The van der Waals surface area contributed by atoms with Crippen LogP contribution >= 0.6 is 0 Å². The standard InChI is InChI=1S/C6H10N4O2.C6H12N4/c1-2-3-9-6(7)5(4-8-9)10(11)12;1-2-3-10-6(8)5(7)4-9-10/h4H,2-3,7H2,1H3;4H,2-3,7-8H2,1H3. The summed E-state index contributed by atoms with van der Waals surface area (Å²) in [7, 11) is 0. The van der Waals surface area contributed by atoms with Crippen LogP contribution in [0.2, 0.25) is 0 Å². The second-order valence-electron chi connectivity index (χ2n) is 4.60. The average Bonchev–Trinajstić information content (AvgIpc) is 2.99. The molecule has 2 heterocycles. The zero-order chi connectivity index (χ0) is 16.7. The van der Waals surface area contributed by atoms with Crippen molar-refractivity contribution in [1.29, 1.82) is 0 Å². The van der Waals surface area contributed by atoms with Gasteiger partial charge in [-0.15, -0.1) is 0 Å². The molecule has 0 aliphatic carbocycles. The van der Waals surface area contributed by atoms with Crippen LogP contribution in [0.3, 0.4) is 0 Å². The maximum absolute atomic E-state index is 10.3. The van der Waals surface area contributed by atoms with Crippen LogP contribution in [-0.4, -0.2) is 24.5 Å². The first-order chi connectivity index (χ1) is 10.4. The number of aromatic nitrogens is 4. The minimum absolute atomic E-state index is 0.122. The number of nitrogens with two attached hydrogens (primary N) is 3. The summed E-state index contributed by atoms with van der Waals surface area (Å²) < 4.78 is 3.13. The molecule has 0 bridgehead atoms. The molecule has 6 N–H and O–H groups in total. The van der Waals surface area contributed by atoms with E-state index in [1.165, 1.54) is 10.9 Å². The second-order valence-corrected chi connectivity index (χ2v) is 4.60. The van der Waals surface area contributed by atoms with Gasteiger partial charge in [-0.25, -0.2) is 9.36 Å². The summed E-state index contributed by atoms with van der Waals surface area (Å²) in [6, 6.07) is 0. The Balaban J connectivity index is 0.000000224. The van der Waals surface area contributed by atoms with E-state index in [-0.39, 0.29) is 11.5 Å². The molecular formula is C12H22N8O2. The number of hydrogen-bond acceptors (Lipinski definition) is 7. The quantitative estimate of drug-likeness (QED) is 0.553. The first-order valence-electron chi connectivity index (χ1n) is 6.94. The Hall–Kier alpha value is -2.78. The van der Waals surface area contributed by atoms with Crippen molar-refractivity contribution in [2.24, 2.45) is 0 Å². The maximum Gasteiger partial charge on any atom is 0.330 e. The van der Waals surface area contributed by atoms with Gasteiger partial charge in [0.15, 0.2) is 0 Å². The predicted octanol–water partition coefficient (Wildman–Crippen LogP) is 1.24. The molecule has 0 aliphatic heterocycles. The fourth-order valence-corrected chi connectivity index (χ4v) is 1.71. The van der Waals surface area contributed by atoms with Crippen LogP contribution in [0.15, 0.2) is 12.4 Å². The Bertz CT molecular complexity index is 619. The number of nitro groups is 1. The number of nitrogens with zero attached hydrogens (tertiary/aromatic N) is 5. The van der Waals surface area contributed by atoms with Crippen LogP contribution in [0.25, 0.3) is 0 Å². The van der Waals surface area contributed by atoms with Crippen molar-refractivity contribution in [3.8, 4) is 0 Å². The number of aryl methyl sites for hydroxylation is 2. The third-order valence-corrected chi connectivity index (χ3v) is 2.84. The first kappa shape index (κ1) is 17.3. The molecule has 0 saturated heterocycles. The summed E-state index contributed by atoms with van der Waals surface area (Å²) in [5.41, 5.74) is 16.9. The molecule has 0 unspecified atom stereocenters. The number of hydrogen-bond donors (Lipinski definition) is 3. The molecule has 0 spiro atoms. The molecule has 0 aromatic carbocycles. The predicted molar refractivity (Wildman–Crippen MR) is 84.9 cm³/mol. The van der Waals surface area contributed by atoms with Gasteiger partial charge < -0.3 is 17.2 Å². The van der Waals surface area contributed by atoms with Gasteiger partial charge in [0, 0.05) is 13.1 Å². The molecule has 0 atom stereocenters. The van der Waals surface area contributed by atoms with E-state index in [2.05, 4.69) is 17.1 Å². The van der Waals surface area contributed by atoms with Crippen molar-refractivity contribution in [1.82, 2.24) is 19.6 Å². The summed E-state index contributed by atoms with van der Waals surface area (Å²) in [5.74, 6) is 0.698. The number of nitrogen functional groups attached to an aromatic ring is 3. The van der Waals surface area contributed by atoms with E-state index in [9.17, 15) is 10.1 Å². The van der Waals surface area contributed by atoms with Gasteiger partial charge in [0.05, 0.1) is 16.8 Å². The maximum atomic E-state index is 10.3. The van der Waals surface area contributed by atoms with Crippen LogP contribution in [0.4, 0.5) is 23.0 Å². The summed E-state index contributed by atoms with van der Waals surface area (Å²) >= 11 is 0. The Kier molecular flexibility index (Phi) is 6.17. The highest BCUT2D eigenvalue weighted by Crippen LogP contribution is 2.19. The SMILES string of the molecule is CCCn1ncc(N)c1N.CCCn1ncc([N+](=O)[O-])c1N. The van der Waals surface area contributed by atoms with E-state index in [0.717, 1.165) is 19.4 Å². The highest BCUT2D eigenvalue weighted by Gasteiger charge is 2.16. The van der Waals surface area contributed by atoms with E-state index in [1.807, 2.05) is 6.92 Å². The summed E-state index contributed by atoms with van der Waals surface area (Å²) in [4.78, 5) is 9.78. The van der Waals surface area contributed by atoms with Crippen LogP contribution in [0.1, 0.15) is 26.7 Å². The summed E-state index contributed by atoms with van der Waals surface area (Å²) in [5, 5.41) is 18.1. The van der Waals surface area contributed by atoms with Gasteiger partial charge >= 0.3 is 5.69 Å². The molecule has 10 heteroatoms. The largest absolute Gasteiger partial charge is 0.394 e. The van der Waals surface area contributed by atoms with Gasteiger partial charge in [-0.3, -0.25) is 10.1 Å². The van der Waals surface area contributed by atoms with Gasteiger partial charge in [-0.2, -0.15) is 10.2 Å². The van der Waals surface area contributed by atoms with Crippen molar-refractivity contribution >= 4 is 23.0 Å². The first-order valence-corrected chi connectivity index (χ1v) is 6.94. The van der Waals surface area contributed by atoms with Crippen molar-refractivity contribution < 1.29 is 4.92 Å². The lowest BCUT2D eigenvalue weighted by atomic mass is 10.5. The fraction of sp³-hybridized carbons (Fsp3) is 0.500. The Labute approximate surface area is 128 Å². The van der Waals surface area contributed by atoms with E-state index >= 15 is 0 Å². The molecule has 22 heavy (non-hydrogen) atoms. The highest BCUT2D eigenvalue weighted by molar-refractivity contribution is 5.56. The smallest absolute Gasteiger partial charge is 0.330 e. The zero-order valence-electron chi connectivity index (χ0n) is 12.8. The molecule has 2 rings (SSSR count). The van der Waals surface area contributed by atoms with Crippen LogP contribution in [0.5, 0.6) is 0 Å². The minimum atomic E-state index is -0.533. The lowest BCUT2D eigenvalue weighted by Crippen LogP contribution is -2.04. The molecule has 10 nitrogen and oxygen atoms in total. The molecule has 122 valence electrons. The van der Waals surface area contributed by atoms with Crippen molar-refractivity contribution in [3.05, 3.63) is 22.5 Å². The number of rotatable bonds is 5. The minimum Gasteiger partial charge on any atom is -0.394 e. The second kappa shape index (κ2) is 7.86. The average molecular weight is 310 g/mol. The number of anilines is 3. The monoisotopic (exact) mass is 310 g/mol. The van der Waals surface area contributed by atoms with E-state index < -0.39 is 4.92 Å². The Morgan fingerprint density at radius 2 is 1.55 bits per heavy atom. The van der Waals surface area contributed by atoms with Crippen LogP contribution in [-0.2, 0) is 13.1 Å². The molecule has 0 radical (unpaired) electrons. The lowest BCUT2D eigenvalue weighted by molar-refractivity contribution is -0.384. The van der Waals surface area contributed by atoms with Gasteiger partial charge in [-0.1, -0.05) is 13.8 Å². The molecule has 2 aromatic rings. The molecule has 2 aromatic heterocycles. The van der Waals surface area contributed by atoms with Gasteiger partial charge in [0.2, 0.25) is 5.82 Å². The highest BCUT2D eigenvalue weighted by atomic mass is 16.6. The van der Waals surface area contributed by atoms with Crippen LogP contribution in [0, 0.1) is 10.1 Å². The Morgan fingerprint density at radius 3 is 1.91 bits per heavy atom. The summed E-state index contributed by atoms with van der Waals surface area (Å²) in [6.07, 6.45) is 4.62. The van der Waals surface area contributed by atoms with E-state index in [1.54, 1.807) is 10.9 Å². The summed E-state index contributed by atoms with van der Waals surface area (Å²) in [6.45, 7) is 5.47. The van der Waals surface area contributed by atoms with Crippen molar-refractivity contribution in [2.75, 3.05) is 17.2 Å².